The van der Waals surface area contributed by atoms with E-state index in [4.69, 9.17) is 19.9 Å². The smallest absolute Gasteiger partial charge is 0.221 e. The van der Waals surface area contributed by atoms with Gasteiger partial charge in [0.25, 0.3) is 0 Å². The summed E-state index contributed by atoms with van der Waals surface area (Å²) in [6.07, 6.45) is 0. The van der Waals surface area contributed by atoms with Gasteiger partial charge >= 0.3 is 0 Å². The fraction of sp³-hybridized carbons (Fsp3) is 0.345. The molecule has 0 bridgehead atoms. The molecule has 1 aliphatic heterocycles. The number of nitrogens with zero attached hydrogens (tertiary/aromatic N) is 2. The first-order valence-corrected chi connectivity index (χ1v) is 13.5. The van der Waals surface area contributed by atoms with Crippen LogP contribution in [0.1, 0.15) is 12.5 Å². The third kappa shape index (κ3) is 7.56. The highest BCUT2D eigenvalue weighted by Crippen LogP contribution is 2.44. The minimum atomic E-state index is -0.158. The molecule has 0 unspecified atom stereocenters. The number of nitrogens with two attached hydrogens (primary N) is 1. The SMILES string of the molecule is COCCOc1cc(Sc2ccc(NC(C)=O)c(N)c2)cc(OCc2ccccc2)c1N1CCN(C)CC1. The molecule has 3 aromatic rings. The van der Waals surface area contributed by atoms with E-state index in [1.54, 1.807) is 18.9 Å². The van der Waals surface area contributed by atoms with Gasteiger partial charge in [-0.25, -0.2) is 0 Å². The molecule has 0 saturated carbocycles. The normalized spacial score (nSPS) is 13.8. The van der Waals surface area contributed by atoms with Crippen molar-refractivity contribution in [3.05, 3.63) is 66.2 Å². The van der Waals surface area contributed by atoms with Crippen LogP contribution in [0.15, 0.2) is 70.5 Å². The highest BCUT2D eigenvalue weighted by atomic mass is 32.2. The number of carbonyl (C=O) groups is 1. The molecule has 8 nitrogen and oxygen atoms in total. The molecule has 0 aliphatic carbocycles. The minimum absolute atomic E-state index is 0.158. The monoisotopic (exact) mass is 536 g/mol. The third-order valence-electron chi connectivity index (χ3n) is 6.18. The Labute approximate surface area is 229 Å². The fourth-order valence-electron chi connectivity index (χ4n) is 4.19. The summed E-state index contributed by atoms with van der Waals surface area (Å²) in [5, 5.41) is 2.76. The molecule has 38 heavy (non-hydrogen) atoms. The average Bonchev–Trinajstić information content (AvgIpc) is 2.90. The van der Waals surface area contributed by atoms with E-state index in [-0.39, 0.29) is 5.91 Å². The van der Waals surface area contributed by atoms with Crippen LogP contribution in [0.4, 0.5) is 17.1 Å². The summed E-state index contributed by atoms with van der Waals surface area (Å²) < 4.78 is 18.0. The first-order chi connectivity index (χ1) is 18.4. The maximum Gasteiger partial charge on any atom is 0.221 e. The van der Waals surface area contributed by atoms with E-state index in [9.17, 15) is 4.79 Å². The Kier molecular flexibility index (Phi) is 9.75. The van der Waals surface area contributed by atoms with Crippen LogP contribution in [0, 0.1) is 0 Å². The zero-order valence-corrected chi connectivity index (χ0v) is 23.1. The van der Waals surface area contributed by atoms with E-state index in [0.717, 1.165) is 58.7 Å². The van der Waals surface area contributed by atoms with Crippen LogP contribution in [-0.2, 0) is 16.1 Å². The Morgan fingerprint density at radius 3 is 2.32 bits per heavy atom. The fourth-order valence-corrected chi connectivity index (χ4v) is 5.12. The van der Waals surface area contributed by atoms with Crippen LogP contribution >= 0.6 is 11.8 Å². The number of ether oxygens (including phenoxy) is 3. The maximum atomic E-state index is 11.5. The van der Waals surface area contributed by atoms with Crippen LogP contribution in [0.5, 0.6) is 11.5 Å². The lowest BCUT2D eigenvalue weighted by Crippen LogP contribution is -2.44. The van der Waals surface area contributed by atoms with Gasteiger partial charge in [-0.1, -0.05) is 42.1 Å². The number of hydrogen-bond donors (Lipinski definition) is 2. The lowest BCUT2D eigenvalue weighted by Gasteiger charge is -2.36. The van der Waals surface area contributed by atoms with E-state index < -0.39 is 0 Å². The second-order valence-corrected chi connectivity index (χ2v) is 10.4. The average molecular weight is 537 g/mol. The van der Waals surface area contributed by atoms with Gasteiger partial charge in [0, 0.05) is 50.0 Å². The summed E-state index contributed by atoms with van der Waals surface area (Å²) >= 11 is 1.56. The Bertz CT molecular complexity index is 1220. The molecule has 4 rings (SSSR count). The number of amides is 1. The van der Waals surface area contributed by atoms with Gasteiger partial charge in [-0.2, -0.15) is 0 Å². The van der Waals surface area contributed by atoms with Gasteiger partial charge in [0.15, 0.2) is 0 Å². The first-order valence-electron chi connectivity index (χ1n) is 12.7. The van der Waals surface area contributed by atoms with Crippen molar-refractivity contribution >= 4 is 34.7 Å². The van der Waals surface area contributed by atoms with Crippen LogP contribution < -0.4 is 25.4 Å². The van der Waals surface area contributed by atoms with Crippen molar-refractivity contribution in [2.24, 2.45) is 0 Å². The van der Waals surface area contributed by atoms with E-state index in [0.29, 0.717) is 31.2 Å². The van der Waals surface area contributed by atoms with Crippen LogP contribution in [0.25, 0.3) is 0 Å². The first kappa shape index (κ1) is 27.6. The summed E-state index contributed by atoms with van der Waals surface area (Å²) in [7, 11) is 3.81. The molecule has 3 N–H and O–H groups in total. The molecule has 1 fully saturated rings. The molecule has 1 amide bonds. The molecule has 0 radical (unpaired) electrons. The highest BCUT2D eigenvalue weighted by molar-refractivity contribution is 7.99. The Balaban J connectivity index is 1.68. The highest BCUT2D eigenvalue weighted by Gasteiger charge is 2.24. The molecule has 3 aromatic carbocycles. The molecular formula is C29H36N4O4S. The third-order valence-corrected chi connectivity index (χ3v) is 7.15. The number of likely N-dealkylation sites (N-methyl/N-ethyl adjacent to an activating group) is 1. The van der Waals surface area contributed by atoms with Gasteiger partial charge in [0.1, 0.15) is 30.4 Å². The standard InChI is InChI=1S/C29H36N4O4S/c1-21(34)31-26-10-9-23(17-25(26)30)38-24-18-27(36-16-15-35-3)29(33-13-11-32(2)12-14-33)28(19-24)37-20-22-7-5-4-6-8-22/h4-10,17-19H,11-16,20,30H2,1-3H3,(H,31,34). The number of hydrogen-bond acceptors (Lipinski definition) is 8. The maximum absolute atomic E-state index is 11.5. The van der Waals surface area contributed by atoms with Crippen LogP contribution in [0.3, 0.4) is 0 Å². The van der Waals surface area contributed by atoms with Crippen molar-refractivity contribution in [3.8, 4) is 11.5 Å². The number of methoxy groups -OCH3 is 1. The van der Waals surface area contributed by atoms with Gasteiger partial charge in [-0.05, 0) is 42.9 Å². The second-order valence-electron chi connectivity index (χ2n) is 9.21. The number of nitrogen functional groups attached to an aromatic ring is 1. The van der Waals surface area contributed by atoms with E-state index >= 15 is 0 Å². The van der Waals surface area contributed by atoms with Crippen molar-refractivity contribution in [2.45, 2.75) is 23.3 Å². The number of nitrogens with one attached hydrogen (secondary N) is 1. The van der Waals surface area contributed by atoms with E-state index in [1.807, 2.05) is 36.4 Å². The molecule has 1 heterocycles. The largest absolute Gasteiger partial charge is 0.489 e. The molecular weight excluding hydrogens is 500 g/mol. The number of benzene rings is 3. The summed E-state index contributed by atoms with van der Waals surface area (Å²) in [4.78, 5) is 18.0. The minimum Gasteiger partial charge on any atom is -0.489 e. The van der Waals surface area contributed by atoms with Gasteiger partial charge in [0.05, 0.1) is 18.0 Å². The van der Waals surface area contributed by atoms with E-state index in [2.05, 4.69) is 46.4 Å². The lowest BCUT2D eigenvalue weighted by molar-refractivity contribution is -0.114. The summed E-state index contributed by atoms with van der Waals surface area (Å²) in [5.41, 5.74) is 9.38. The Morgan fingerprint density at radius 1 is 0.947 bits per heavy atom. The number of rotatable bonds is 11. The zero-order valence-electron chi connectivity index (χ0n) is 22.2. The summed E-state index contributed by atoms with van der Waals surface area (Å²) in [6.45, 7) is 6.53. The zero-order chi connectivity index (χ0) is 26.9. The molecule has 0 atom stereocenters. The van der Waals surface area contributed by atoms with Crippen LogP contribution in [-0.4, -0.2) is 64.4 Å². The Hall–Kier alpha value is -3.40. The molecule has 0 spiro atoms. The van der Waals surface area contributed by atoms with Gasteiger partial charge in [-0.15, -0.1) is 0 Å². The second kappa shape index (κ2) is 13.4. The van der Waals surface area contributed by atoms with Gasteiger partial charge in [-0.3, -0.25) is 4.79 Å². The van der Waals surface area contributed by atoms with Crippen molar-refractivity contribution in [1.29, 1.82) is 0 Å². The quantitative estimate of drug-likeness (QED) is 0.269. The number of carbonyl (C=O) groups excluding carboxylic acids is 1. The molecule has 1 aliphatic rings. The molecule has 202 valence electrons. The molecule has 0 aromatic heterocycles. The van der Waals surface area contributed by atoms with Gasteiger partial charge < -0.3 is 35.1 Å². The van der Waals surface area contributed by atoms with Crippen LogP contribution in [0.2, 0.25) is 0 Å². The van der Waals surface area contributed by atoms with E-state index in [1.165, 1.54) is 6.92 Å². The van der Waals surface area contributed by atoms with Crippen molar-refractivity contribution < 1.29 is 19.0 Å². The summed E-state index contributed by atoms with van der Waals surface area (Å²) in [6, 6.07) is 19.9. The predicted octanol–water partition coefficient (Wildman–Crippen LogP) is 4.73. The number of anilines is 3. The summed E-state index contributed by atoms with van der Waals surface area (Å²) in [5.74, 6) is 1.39. The van der Waals surface area contributed by atoms with Crippen molar-refractivity contribution in [2.75, 3.05) is 69.5 Å². The topological polar surface area (TPSA) is 89.3 Å². The Morgan fingerprint density at radius 2 is 1.66 bits per heavy atom. The lowest BCUT2D eigenvalue weighted by atomic mass is 10.2. The van der Waals surface area contributed by atoms with Crippen molar-refractivity contribution in [1.82, 2.24) is 4.90 Å². The van der Waals surface area contributed by atoms with Crippen molar-refractivity contribution in [3.63, 3.8) is 0 Å². The predicted molar refractivity (Wildman–Crippen MR) is 154 cm³/mol. The van der Waals surface area contributed by atoms with Gasteiger partial charge in [0.2, 0.25) is 5.91 Å². The molecule has 9 heteroatoms. The number of piperazine rings is 1. The molecule has 1 saturated heterocycles.